The molecule has 0 aliphatic carbocycles. The van der Waals surface area contributed by atoms with Gasteiger partial charge in [-0.2, -0.15) is 11.8 Å². The first kappa shape index (κ1) is 13.7. The summed E-state index contributed by atoms with van der Waals surface area (Å²) in [5.74, 6) is 0.883. The van der Waals surface area contributed by atoms with Crippen LogP contribution in [-0.4, -0.2) is 23.6 Å². The molecule has 1 aliphatic rings. The number of hydrogen-bond acceptors (Lipinski definition) is 3. The van der Waals surface area contributed by atoms with E-state index in [0.717, 1.165) is 17.9 Å². The molecule has 1 aliphatic heterocycles. The first-order chi connectivity index (χ1) is 8.52. The molecule has 0 spiro atoms. The summed E-state index contributed by atoms with van der Waals surface area (Å²) in [6.07, 6.45) is 0. The van der Waals surface area contributed by atoms with Crippen molar-refractivity contribution in [1.82, 2.24) is 0 Å². The third-order valence-electron chi connectivity index (χ3n) is 3.68. The van der Waals surface area contributed by atoms with Gasteiger partial charge in [0.25, 0.3) is 0 Å². The van der Waals surface area contributed by atoms with Crippen LogP contribution in [0.2, 0.25) is 0 Å². The van der Waals surface area contributed by atoms with Crippen LogP contribution in [0.25, 0.3) is 0 Å². The number of para-hydroxylation sites is 1. The number of nitrogens with two attached hydrogens (primary N) is 1. The van der Waals surface area contributed by atoms with Crippen molar-refractivity contribution in [2.24, 2.45) is 5.73 Å². The Labute approximate surface area is 113 Å². The highest BCUT2D eigenvalue weighted by Gasteiger charge is 2.29. The van der Waals surface area contributed by atoms with E-state index in [1.165, 1.54) is 6.07 Å². The van der Waals surface area contributed by atoms with E-state index in [1.807, 2.05) is 24.8 Å². The standard InChI is InChI=1S/C14H21FN2S/c1-9(16)12-5-4-6-13(15)14(12)17-7-8-18-11(3)10(17)2/h4-6,9-11H,7-8,16H2,1-3H3/t9-,10?,11?/m1/s1. The van der Waals surface area contributed by atoms with Gasteiger partial charge in [-0.15, -0.1) is 0 Å². The van der Waals surface area contributed by atoms with E-state index < -0.39 is 0 Å². The fourth-order valence-electron chi connectivity index (χ4n) is 2.45. The van der Waals surface area contributed by atoms with Gasteiger partial charge in [-0.1, -0.05) is 19.1 Å². The van der Waals surface area contributed by atoms with Gasteiger partial charge in [-0.25, -0.2) is 4.39 Å². The predicted octanol–water partition coefficient (Wildman–Crippen LogP) is 3.18. The molecule has 100 valence electrons. The van der Waals surface area contributed by atoms with Gasteiger partial charge >= 0.3 is 0 Å². The second-order valence-corrected chi connectivity index (χ2v) is 6.46. The molecule has 18 heavy (non-hydrogen) atoms. The molecule has 0 aromatic heterocycles. The lowest BCUT2D eigenvalue weighted by Gasteiger charge is -2.40. The molecule has 0 saturated carbocycles. The van der Waals surface area contributed by atoms with Crippen molar-refractivity contribution >= 4 is 17.4 Å². The van der Waals surface area contributed by atoms with Crippen molar-refractivity contribution in [1.29, 1.82) is 0 Å². The zero-order chi connectivity index (χ0) is 13.3. The van der Waals surface area contributed by atoms with E-state index in [2.05, 4.69) is 18.7 Å². The average molecular weight is 268 g/mol. The van der Waals surface area contributed by atoms with Gasteiger partial charge in [-0.3, -0.25) is 0 Å². The van der Waals surface area contributed by atoms with Crippen LogP contribution in [0.1, 0.15) is 32.4 Å². The molecule has 0 radical (unpaired) electrons. The fraction of sp³-hybridized carbons (Fsp3) is 0.571. The number of anilines is 1. The Bertz CT molecular complexity index is 422. The summed E-state index contributed by atoms with van der Waals surface area (Å²) < 4.78 is 14.2. The van der Waals surface area contributed by atoms with Crippen molar-refractivity contribution in [3.8, 4) is 0 Å². The fourth-order valence-corrected chi connectivity index (χ4v) is 3.55. The Morgan fingerprint density at radius 3 is 2.83 bits per heavy atom. The van der Waals surface area contributed by atoms with Crippen molar-refractivity contribution < 1.29 is 4.39 Å². The lowest BCUT2D eigenvalue weighted by molar-refractivity contribution is 0.575. The Morgan fingerprint density at radius 2 is 2.17 bits per heavy atom. The molecule has 0 amide bonds. The maximum atomic E-state index is 14.2. The van der Waals surface area contributed by atoms with Crippen LogP contribution in [-0.2, 0) is 0 Å². The highest BCUT2D eigenvalue weighted by molar-refractivity contribution is 8.00. The first-order valence-corrected chi connectivity index (χ1v) is 7.49. The number of halogens is 1. The zero-order valence-corrected chi connectivity index (χ0v) is 12.0. The quantitative estimate of drug-likeness (QED) is 0.893. The number of thioether (sulfide) groups is 1. The largest absolute Gasteiger partial charge is 0.364 e. The van der Waals surface area contributed by atoms with E-state index in [9.17, 15) is 4.39 Å². The van der Waals surface area contributed by atoms with Gasteiger partial charge in [0.05, 0.1) is 5.69 Å². The van der Waals surface area contributed by atoms with Gasteiger partial charge in [0.15, 0.2) is 0 Å². The van der Waals surface area contributed by atoms with E-state index in [1.54, 1.807) is 6.07 Å². The molecular formula is C14H21FN2S. The zero-order valence-electron chi connectivity index (χ0n) is 11.2. The summed E-state index contributed by atoms with van der Waals surface area (Å²) in [4.78, 5) is 2.18. The second-order valence-electron chi connectivity index (χ2n) is 4.98. The SMILES string of the molecule is CC1SCCN(c2c(F)cccc2[C@@H](C)N)C1C. The third kappa shape index (κ3) is 2.50. The molecule has 1 heterocycles. The maximum absolute atomic E-state index is 14.2. The normalized spacial score (nSPS) is 26.2. The van der Waals surface area contributed by atoms with Crippen LogP contribution >= 0.6 is 11.8 Å². The monoisotopic (exact) mass is 268 g/mol. The van der Waals surface area contributed by atoms with Crippen molar-refractivity contribution in [3.05, 3.63) is 29.6 Å². The molecular weight excluding hydrogens is 247 g/mol. The smallest absolute Gasteiger partial charge is 0.146 e. The topological polar surface area (TPSA) is 29.3 Å². The average Bonchev–Trinajstić information content (AvgIpc) is 2.33. The first-order valence-electron chi connectivity index (χ1n) is 6.44. The summed E-state index contributed by atoms with van der Waals surface area (Å²) in [5.41, 5.74) is 7.58. The highest BCUT2D eigenvalue weighted by atomic mass is 32.2. The van der Waals surface area contributed by atoms with Crippen LogP contribution in [0, 0.1) is 5.82 Å². The van der Waals surface area contributed by atoms with Gasteiger partial charge in [0.1, 0.15) is 5.82 Å². The minimum atomic E-state index is -0.157. The summed E-state index contributed by atoms with van der Waals surface area (Å²) in [5, 5.41) is 0.513. The molecule has 1 saturated heterocycles. The molecule has 2 unspecified atom stereocenters. The minimum absolute atomic E-state index is 0.146. The number of rotatable bonds is 2. The van der Waals surface area contributed by atoms with Crippen LogP contribution in [0.4, 0.5) is 10.1 Å². The van der Waals surface area contributed by atoms with Crippen molar-refractivity contribution in [2.75, 3.05) is 17.2 Å². The number of hydrogen-bond donors (Lipinski definition) is 1. The van der Waals surface area contributed by atoms with Crippen molar-refractivity contribution in [3.63, 3.8) is 0 Å². The van der Waals surface area contributed by atoms with Gasteiger partial charge in [0, 0.05) is 29.6 Å². The van der Waals surface area contributed by atoms with E-state index in [0.29, 0.717) is 17.0 Å². The number of benzene rings is 1. The minimum Gasteiger partial charge on any atom is -0.364 e. The predicted molar refractivity (Wildman–Crippen MR) is 77.7 cm³/mol. The summed E-state index contributed by atoms with van der Waals surface area (Å²) in [7, 11) is 0. The Hall–Kier alpha value is -0.740. The van der Waals surface area contributed by atoms with Crippen LogP contribution in [0.3, 0.4) is 0 Å². The maximum Gasteiger partial charge on any atom is 0.146 e. The Morgan fingerprint density at radius 1 is 1.44 bits per heavy atom. The van der Waals surface area contributed by atoms with E-state index in [-0.39, 0.29) is 11.9 Å². The van der Waals surface area contributed by atoms with Crippen molar-refractivity contribution in [2.45, 2.75) is 38.1 Å². The molecule has 1 aromatic rings. The molecule has 0 bridgehead atoms. The Kier molecular flexibility index (Phi) is 4.17. The molecule has 3 atom stereocenters. The molecule has 2 nitrogen and oxygen atoms in total. The second kappa shape index (κ2) is 5.49. The summed E-state index contributed by atoms with van der Waals surface area (Å²) >= 11 is 1.95. The van der Waals surface area contributed by atoms with Gasteiger partial charge < -0.3 is 10.6 Å². The third-order valence-corrected chi connectivity index (χ3v) is 5.02. The molecule has 1 fully saturated rings. The molecule has 2 rings (SSSR count). The lowest BCUT2D eigenvalue weighted by Crippen LogP contribution is -2.45. The molecule has 1 aromatic carbocycles. The van der Waals surface area contributed by atoms with Crippen LogP contribution < -0.4 is 10.6 Å². The Balaban J connectivity index is 2.43. The number of nitrogens with zero attached hydrogens (tertiary/aromatic N) is 1. The van der Waals surface area contributed by atoms with Crippen LogP contribution in [0.5, 0.6) is 0 Å². The van der Waals surface area contributed by atoms with Gasteiger partial charge in [-0.05, 0) is 25.5 Å². The van der Waals surface area contributed by atoms with Crippen LogP contribution in [0.15, 0.2) is 18.2 Å². The van der Waals surface area contributed by atoms with E-state index >= 15 is 0 Å². The molecule has 2 N–H and O–H groups in total. The summed E-state index contributed by atoms with van der Waals surface area (Å²) in [6.45, 7) is 7.16. The highest BCUT2D eigenvalue weighted by Crippen LogP contribution is 2.34. The summed E-state index contributed by atoms with van der Waals surface area (Å²) in [6, 6.07) is 5.39. The molecule has 4 heteroatoms. The van der Waals surface area contributed by atoms with E-state index in [4.69, 9.17) is 5.73 Å². The van der Waals surface area contributed by atoms with Gasteiger partial charge in [0.2, 0.25) is 0 Å². The lowest BCUT2D eigenvalue weighted by atomic mass is 10.0.